The van der Waals surface area contributed by atoms with Crippen LogP contribution < -0.4 is 0 Å². The van der Waals surface area contributed by atoms with Crippen LogP contribution in [0.5, 0.6) is 0 Å². The molecule has 0 spiro atoms. The highest BCUT2D eigenvalue weighted by atomic mass is 79.9. The van der Waals surface area contributed by atoms with E-state index in [9.17, 15) is 9.59 Å². The zero-order valence-electron chi connectivity index (χ0n) is 11.6. The predicted octanol–water partition coefficient (Wildman–Crippen LogP) is 3.47. The van der Waals surface area contributed by atoms with Crippen LogP contribution in [0.1, 0.15) is 22.3 Å². The molecule has 0 amide bonds. The third-order valence-corrected chi connectivity index (χ3v) is 4.47. The summed E-state index contributed by atoms with van der Waals surface area (Å²) in [4.78, 5) is 24.3. The van der Waals surface area contributed by atoms with Crippen molar-refractivity contribution in [1.29, 1.82) is 0 Å². The molecule has 0 heterocycles. The molecule has 4 aliphatic carbocycles. The van der Waals surface area contributed by atoms with E-state index < -0.39 is 0 Å². The second kappa shape index (κ2) is 5.94. The molecule has 106 valence electrons. The lowest BCUT2D eigenvalue weighted by Gasteiger charge is -2.10. The maximum atomic E-state index is 12.2. The summed E-state index contributed by atoms with van der Waals surface area (Å²) in [6, 6.07) is 13.6. The molecule has 0 radical (unpaired) electrons. The lowest BCUT2D eigenvalue weighted by Crippen LogP contribution is -2.10. The highest BCUT2D eigenvalue weighted by Crippen LogP contribution is 2.21. The Bertz CT molecular complexity index is 702. The Hall–Kier alpha value is -1.74. The van der Waals surface area contributed by atoms with Gasteiger partial charge in [0.05, 0.1) is 0 Å². The maximum Gasteiger partial charge on any atom is 0.141 e. The van der Waals surface area contributed by atoms with Gasteiger partial charge in [0.1, 0.15) is 11.6 Å². The van der Waals surface area contributed by atoms with Gasteiger partial charge < -0.3 is 0 Å². The van der Waals surface area contributed by atoms with Gasteiger partial charge in [-0.25, -0.2) is 0 Å². The number of hydrogen-bond acceptors (Lipinski definition) is 2. The van der Waals surface area contributed by atoms with Gasteiger partial charge in [-0.2, -0.15) is 0 Å². The van der Waals surface area contributed by atoms with E-state index in [-0.39, 0.29) is 11.6 Å². The predicted molar refractivity (Wildman–Crippen MR) is 85.4 cm³/mol. The summed E-state index contributed by atoms with van der Waals surface area (Å²) in [5, 5.41) is 0. The van der Waals surface area contributed by atoms with Crippen LogP contribution in [0.4, 0.5) is 0 Å². The van der Waals surface area contributed by atoms with Crippen molar-refractivity contribution in [3.8, 4) is 0 Å². The van der Waals surface area contributed by atoms with Gasteiger partial charge in [-0.05, 0) is 28.3 Å². The Morgan fingerprint density at radius 3 is 1.71 bits per heavy atom. The minimum atomic E-state index is 0.198. The van der Waals surface area contributed by atoms with E-state index >= 15 is 0 Å². The largest absolute Gasteiger partial charge is 0.299 e. The van der Waals surface area contributed by atoms with Crippen LogP contribution in [0, 0.1) is 0 Å². The Kier molecular flexibility index (Phi) is 4.02. The quantitative estimate of drug-likeness (QED) is 0.734. The topological polar surface area (TPSA) is 34.1 Å². The highest BCUT2D eigenvalue weighted by molar-refractivity contribution is 9.10. The van der Waals surface area contributed by atoms with Gasteiger partial charge in [-0.3, -0.25) is 9.59 Å². The smallest absolute Gasteiger partial charge is 0.141 e. The summed E-state index contributed by atoms with van der Waals surface area (Å²) >= 11 is 3.51. The molecule has 0 fully saturated rings. The van der Waals surface area contributed by atoms with Crippen LogP contribution in [0.25, 0.3) is 0 Å². The molecule has 0 saturated heterocycles. The molecule has 0 N–H and O–H groups in total. The Balaban J connectivity index is 1.98. The average Bonchev–Trinajstić information content (AvgIpc) is 2.43. The molecule has 0 aliphatic heterocycles. The Morgan fingerprint density at radius 1 is 0.667 bits per heavy atom. The highest BCUT2D eigenvalue weighted by Gasteiger charge is 2.12. The zero-order valence-corrected chi connectivity index (χ0v) is 13.2. The monoisotopic (exact) mass is 342 g/mol. The zero-order chi connectivity index (χ0) is 14.8. The third-order valence-electron chi connectivity index (χ3n) is 3.73. The lowest BCUT2D eigenvalue weighted by atomic mass is 9.96. The number of rotatable bonds is 0. The van der Waals surface area contributed by atoms with Gasteiger partial charge >= 0.3 is 0 Å². The second-order valence-corrected chi connectivity index (χ2v) is 6.38. The molecule has 4 aliphatic rings. The van der Waals surface area contributed by atoms with Gasteiger partial charge in [-0.15, -0.1) is 0 Å². The van der Waals surface area contributed by atoms with Crippen molar-refractivity contribution in [2.75, 3.05) is 0 Å². The van der Waals surface area contributed by atoms with Crippen molar-refractivity contribution in [1.82, 2.24) is 0 Å². The van der Waals surface area contributed by atoms with Crippen LogP contribution in [0.3, 0.4) is 0 Å². The van der Waals surface area contributed by atoms with Crippen LogP contribution in [0.15, 0.2) is 46.9 Å². The average molecular weight is 343 g/mol. The molecule has 21 heavy (non-hydrogen) atoms. The SMILES string of the molecule is O=C1Cc2ccc(cc2)CC(=O)Cc2ccc(cc2Br)C1. The van der Waals surface area contributed by atoms with Crippen molar-refractivity contribution in [3.05, 3.63) is 69.2 Å². The molecule has 0 unspecified atom stereocenters. The maximum absolute atomic E-state index is 12.2. The molecule has 2 aromatic rings. The Labute approximate surface area is 132 Å². The van der Waals surface area contributed by atoms with Crippen molar-refractivity contribution < 1.29 is 9.59 Å². The van der Waals surface area contributed by atoms with Crippen molar-refractivity contribution in [2.45, 2.75) is 25.7 Å². The number of Topliss-reactive ketones (excluding diaryl/α,β-unsaturated/α-hetero) is 2. The minimum absolute atomic E-state index is 0.198. The van der Waals surface area contributed by atoms with Crippen molar-refractivity contribution >= 4 is 27.5 Å². The first-order valence-electron chi connectivity index (χ1n) is 6.99. The summed E-state index contributed by atoms with van der Waals surface area (Å²) in [7, 11) is 0. The molecule has 4 bridgehead atoms. The van der Waals surface area contributed by atoms with Gasteiger partial charge in [0.2, 0.25) is 0 Å². The molecule has 6 rings (SSSR count). The first kappa shape index (κ1) is 14.2. The second-order valence-electron chi connectivity index (χ2n) is 5.53. The van der Waals surface area contributed by atoms with E-state index in [0.717, 1.165) is 26.7 Å². The Morgan fingerprint density at radius 2 is 1.14 bits per heavy atom. The normalized spacial score (nSPS) is 15.3. The van der Waals surface area contributed by atoms with E-state index in [4.69, 9.17) is 0 Å². The van der Waals surface area contributed by atoms with E-state index in [2.05, 4.69) is 15.9 Å². The van der Waals surface area contributed by atoms with E-state index in [1.165, 1.54) is 0 Å². The number of hydrogen-bond donors (Lipinski definition) is 0. The molecular weight excluding hydrogens is 328 g/mol. The first-order chi connectivity index (χ1) is 10.1. The summed E-state index contributed by atoms with van der Waals surface area (Å²) in [6.07, 6.45) is 1.71. The number of ketones is 2. The molecule has 2 nitrogen and oxygen atoms in total. The van der Waals surface area contributed by atoms with Gasteiger partial charge in [0.15, 0.2) is 0 Å². The van der Waals surface area contributed by atoms with Crippen molar-refractivity contribution in [2.24, 2.45) is 0 Å². The van der Waals surface area contributed by atoms with Crippen LogP contribution in [0.2, 0.25) is 0 Å². The number of benzene rings is 2. The fraction of sp³-hybridized carbons (Fsp3) is 0.222. The van der Waals surface area contributed by atoms with E-state index in [1.807, 2.05) is 42.5 Å². The van der Waals surface area contributed by atoms with Gasteiger partial charge in [0.25, 0.3) is 0 Å². The fourth-order valence-electron chi connectivity index (χ4n) is 2.64. The molecule has 2 aromatic carbocycles. The van der Waals surface area contributed by atoms with Crippen LogP contribution >= 0.6 is 15.9 Å². The van der Waals surface area contributed by atoms with Crippen LogP contribution in [-0.4, -0.2) is 11.6 Å². The third kappa shape index (κ3) is 3.48. The van der Waals surface area contributed by atoms with Gasteiger partial charge in [0, 0.05) is 30.2 Å². The number of halogens is 1. The summed E-state index contributed by atoms with van der Waals surface area (Å²) in [5.74, 6) is 0.403. The summed E-state index contributed by atoms with van der Waals surface area (Å²) < 4.78 is 0.909. The lowest BCUT2D eigenvalue weighted by molar-refractivity contribution is -0.118. The van der Waals surface area contributed by atoms with E-state index in [0.29, 0.717) is 25.7 Å². The number of carbonyl (C=O) groups excluding carboxylic acids is 2. The summed E-state index contributed by atoms with van der Waals surface area (Å²) in [5.41, 5.74) is 3.96. The van der Waals surface area contributed by atoms with Crippen LogP contribution in [-0.2, 0) is 35.3 Å². The van der Waals surface area contributed by atoms with Crippen molar-refractivity contribution in [3.63, 3.8) is 0 Å². The van der Waals surface area contributed by atoms with E-state index in [1.54, 1.807) is 0 Å². The standard InChI is InChI=1S/C18H15BrO2/c19-18-10-14-5-6-15(18)11-17(21)8-13-3-1-12(2-4-13)7-16(20)9-14/h1-6,10H,7-9,11H2. The number of carbonyl (C=O) groups is 2. The molecule has 0 saturated carbocycles. The summed E-state index contributed by atoms with van der Waals surface area (Å²) in [6.45, 7) is 0. The molecule has 0 atom stereocenters. The van der Waals surface area contributed by atoms with Gasteiger partial charge in [-0.1, -0.05) is 52.3 Å². The fourth-order valence-corrected chi connectivity index (χ4v) is 3.21. The molecular formula is C18H15BrO2. The minimum Gasteiger partial charge on any atom is -0.299 e. The molecule has 0 aromatic heterocycles. The first-order valence-corrected chi connectivity index (χ1v) is 7.78. The molecule has 3 heteroatoms.